The van der Waals surface area contributed by atoms with Crippen LogP contribution in [0.5, 0.6) is 0 Å². The first-order valence-electron chi connectivity index (χ1n) is 7.86. The summed E-state index contributed by atoms with van der Waals surface area (Å²) < 4.78 is 27.1. The van der Waals surface area contributed by atoms with Gasteiger partial charge in [-0.2, -0.15) is 0 Å². The summed E-state index contributed by atoms with van der Waals surface area (Å²) in [7, 11) is 0. The Morgan fingerprint density at radius 3 is 2.67 bits per heavy atom. The first-order valence-corrected chi connectivity index (χ1v) is 7.86. The molecule has 0 bridgehead atoms. The van der Waals surface area contributed by atoms with E-state index in [0.717, 1.165) is 51.7 Å². The number of piperazine rings is 1. The van der Waals surface area contributed by atoms with Crippen molar-refractivity contribution < 1.29 is 8.78 Å². The molecule has 1 atom stereocenters. The molecule has 0 spiro atoms. The average Bonchev–Trinajstić information content (AvgIpc) is 2.52. The molecular formula is C16H23F2N3. The van der Waals surface area contributed by atoms with E-state index in [9.17, 15) is 8.78 Å². The summed E-state index contributed by atoms with van der Waals surface area (Å²) in [6.45, 7) is 6.74. The smallest absolute Gasteiger partial charge is 0.182 e. The van der Waals surface area contributed by atoms with E-state index in [1.165, 1.54) is 18.9 Å². The zero-order valence-corrected chi connectivity index (χ0v) is 12.3. The number of anilines is 1. The van der Waals surface area contributed by atoms with Crippen LogP contribution in [0.15, 0.2) is 18.2 Å². The van der Waals surface area contributed by atoms with Crippen LogP contribution in [0.25, 0.3) is 0 Å². The predicted octanol–water partition coefficient (Wildman–Crippen LogP) is 2.09. The van der Waals surface area contributed by atoms with Crippen LogP contribution in [0.2, 0.25) is 0 Å². The van der Waals surface area contributed by atoms with Gasteiger partial charge in [-0.15, -0.1) is 0 Å². The van der Waals surface area contributed by atoms with E-state index in [1.807, 2.05) is 4.90 Å². The molecule has 1 aromatic rings. The highest BCUT2D eigenvalue weighted by Gasteiger charge is 2.23. The minimum atomic E-state index is -0.761. The van der Waals surface area contributed by atoms with Gasteiger partial charge in [0, 0.05) is 32.7 Å². The van der Waals surface area contributed by atoms with Crippen molar-refractivity contribution in [1.82, 2.24) is 10.2 Å². The Hall–Kier alpha value is -1.20. The van der Waals surface area contributed by atoms with E-state index in [1.54, 1.807) is 12.1 Å². The minimum absolute atomic E-state index is 0.397. The maximum Gasteiger partial charge on any atom is 0.182 e. The third kappa shape index (κ3) is 3.52. The molecule has 0 radical (unpaired) electrons. The quantitative estimate of drug-likeness (QED) is 0.921. The average molecular weight is 295 g/mol. The van der Waals surface area contributed by atoms with Crippen molar-refractivity contribution in [3.63, 3.8) is 0 Å². The number of piperidine rings is 1. The monoisotopic (exact) mass is 295 g/mol. The molecule has 1 N–H and O–H groups in total. The van der Waals surface area contributed by atoms with Gasteiger partial charge in [0.05, 0.1) is 5.69 Å². The number of rotatable bonds is 3. The third-order valence-corrected chi connectivity index (χ3v) is 4.56. The van der Waals surface area contributed by atoms with Crippen LogP contribution in [0.3, 0.4) is 0 Å². The van der Waals surface area contributed by atoms with Crippen molar-refractivity contribution in [1.29, 1.82) is 0 Å². The summed E-state index contributed by atoms with van der Waals surface area (Å²) in [5.74, 6) is -0.748. The normalized spacial score (nSPS) is 24.3. The summed E-state index contributed by atoms with van der Waals surface area (Å²) in [5.41, 5.74) is 0.397. The molecule has 0 saturated carbocycles. The first-order chi connectivity index (χ1) is 10.2. The molecule has 2 aliphatic heterocycles. The van der Waals surface area contributed by atoms with Gasteiger partial charge in [-0.1, -0.05) is 6.07 Å². The second kappa shape index (κ2) is 6.71. The molecule has 116 valence electrons. The van der Waals surface area contributed by atoms with E-state index < -0.39 is 11.6 Å². The molecule has 0 aliphatic carbocycles. The van der Waals surface area contributed by atoms with Gasteiger partial charge in [-0.05, 0) is 44.0 Å². The van der Waals surface area contributed by atoms with Crippen LogP contribution in [0.1, 0.15) is 12.8 Å². The molecule has 2 saturated heterocycles. The number of hydrogen-bond donors (Lipinski definition) is 1. The minimum Gasteiger partial charge on any atom is -0.367 e. The summed E-state index contributed by atoms with van der Waals surface area (Å²) >= 11 is 0. The zero-order chi connectivity index (χ0) is 14.7. The molecule has 1 unspecified atom stereocenters. The number of nitrogens with one attached hydrogen (secondary N) is 1. The molecule has 2 fully saturated rings. The largest absolute Gasteiger partial charge is 0.367 e. The SMILES string of the molecule is Fc1cccc(N2CCN(CC3CCCNC3)CC2)c1F. The Labute approximate surface area is 124 Å². The van der Waals surface area contributed by atoms with Gasteiger partial charge in [-0.25, -0.2) is 8.78 Å². The Balaban J connectivity index is 1.53. The molecule has 2 aliphatic rings. The Morgan fingerprint density at radius 1 is 1.14 bits per heavy atom. The van der Waals surface area contributed by atoms with Crippen molar-refractivity contribution in [2.75, 3.05) is 50.7 Å². The fourth-order valence-electron chi connectivity index (χ4n) is 3.35. The predicted molar refractivity (Wildman–Crippen MR) is 80.6 cm³/mol. The highest BCUT2D eigenvalue weighted by atomic mass is 19.2. The van der Waals surface area contributed by atoms with Gasteiger partial charge in [0.2, 0.25) is 0 Å². The van der Waals surface area contributed by atoms with Gasteiger partial charge < -0.3 is 10.2 Å². The molecule has 2 heterocycles. The molecule has 5 heteroatoms. The maximum atomic E-state index is 13.8. The van der Waals surface area contributed by atoms with Crippen molar-refractivity contribution in [2.24, 2.45) is 5.92 Å². The standard InChI is InChI=1S/C16H23F2N3/c17-14-4-1-5-15(16(14)18)21-9-7-20(8-10-21)12-13-3-2-6-19-11-13/h1,4-5,13,19H,2-3,6-12H2. The van der Waals surface area contributed by atoms with Crippen molar-refractivity contribution in [2.45, 2.75) is 12.8 Å². The van der Waals surface area contributed by atoms with E-state index in [0.29, 0.717) is 5.69 Å². The van der Waals surface area contributed by atoms with Crippen LogP contribution >= 0.6 is 0 Å². The molecule has 1 aromatic carbocycles. The topological polar surface area (TPSA) is 18.5 Å². The lowest BCUT2D eigenvalue weighted by atomic mass is 9.99. The lowest BCUT2D eigenvalue weighted by Crippen LogP contribution is -2.49. The summed E-state index contributed by atoms with van der Waals surface area (Å²) in [6, 6.07) is 4.41. The Bertz CT molecular complexity index is 467. The van der Waals surface area contributed by atoms with Gasteiger partial charge >= 0.3 is 0 Å². The highest BCUT2D eigenvalue weighted by molar-refractivity contribution is 5.48. The first kappa shape index (κ1) is 14.7. The number of nitrogens with zero attached hydrogens (tertiary/aromatic N) is 2. The van der Waals surface area contributed by atoms with Crippen LogP contribution < -0.4 is 10.2 Å². The fourth-order valence-corrected chi connectivity index (χ4v) is 3.35. The van der Waals surface area contributed by atoms with Crippen LogP contribution in [-0.2, 0) is 0 Å². The molecule has 0 amide bonds. The summed E-state index contributed by atoms with van der Waals surface area (Å²) in [4.78, 5) is 4.40. The number of halogens is 2. The van der Waals surface area contributed by atoms with Gasteiger partial charge in [0.1, 0.15) is 0 Å². The lowest BCUT2D eigenvalue weighted by Gasteiger charge is -2.38. The summed E-state index contributed by atoms with van der Waals surface area (Å²) in [5, 5.41) is 3.44. The van der Waals surface area contributed by atoms with Crippen molar-refractivity contribution >= 4 is 5.69 Å². The van der Waals surface area contributed by atoms with Gasteiger partial charge in [0.15, 0.2) is 11.6 Å². The maximum absolute atomic E-state index is 13.8. The van der Waals surface area contributed by atoms with Gasteiger partial charge in [-0.3, -0.25) is 4.90 Å². The molecule has 21 heavy (non-hydrogen) atoms. The molecule has 3 rings (SSSR count). The van der Waals surface area contributed by atoms with E-state index in [4.69, 9.17) is 0 Å². The highest BCUT2D eigenvalue weighted by Crippen LogP contribution is 2.23. The van der Waals surface area contributed by atoms with Crippen LogP contribution in [0, 0.1) is 17.6 Å². The Morgan fingerprint density at radius 2 is 1.95 bits per heavy atom. The molecule has 3 nitrogen and oxygen atoms in total. The molecular weight excluding hydrogens is 272 g/mol. The third-order valence-electron chi connectivity index (χ3n) is 4.56. The number of hydrogen-bond acceptors (Lipinski definition) is 3. The van der Waals surface area contributed by atoms with E-state index in [-0.39, 0.29) is 0 Å². The van der Waals surface area contributed by atoms with E-state index in [2.05, 4.69) is 10.2 Å². The van der Waals surface area contributed by atoms with Crippen molar-refractivity contribution in [3.8, 4) is 0 Å². The fraction of sp³-hybridized carbons (Fsp3) is 0.625. The second-order valence-corrected chi connectivity index (χ2v) is 6.07. The van der Waals surface area contributed by atoms with Gasteiger partial charge in [0.25, 0.3) is 0 Å². The second-order valence-electron chi connectivity index (χ2n) is 6.07. The van der Waals surface area contributed by atoms with Crippen LogP contribution in [-0.4, -0.2) is 50.7 Å². The van der Waals surface area contributed by atoms with Crippen LogP contribution in [0.4, 0.5) is 14.5 Å². The Kier molecular flexibility index (Phi) is 4.70. The van der Waals surface area contributed by atoms with E-state index >= 15 is 0 Å². The number of benzene rings is 1. The summed E-state index contributed by atoms with van der Waals surface area (Å²) in [6.07, 6.45) is 2.56. The van der Waals surface area contributed by atoms with Crippen molar-refractivity contribution in [3.05, 3.63) is 29.8 Å². The lowest BCUT2D eigenvalue weighted by molar-refractivity contribution is 0.198. The molecule has 0 aromatic heterocycles. The zero-order valence-electron chi connectivity index (χ0n) is 12.3.